The third-order valence-electron chi connectivity index (χ3n) is 7.27. The number of likely N-dealkylation sites (N-methyl/N-ethyl adjacent to an activating group) is 1. The summed E-state index contributed by atoms with van der Waals surface area (Å²) in [4.78, 5) is 36.5. The zero-order valence-electron chi connectivity index (χ0n) is 24.9. The van der Waals surface area contributed by atoms with Crippen LogP contribution in [0.25, 0.3) is 0 Å². The minimum Gasteiger partial charge on any atom is -0.427 e. The highest BCUT2D eigenvalue weighted by Gasteiger charge is 2.37. The number of amides is 1. The maximum absolute atomic E-state index is 13.3. The van der Waals surface area contributed by atoms with Crippen LogP contribution in [0.3, 0.4) is 0 Å². The maximum Gasteiger partial charge on any atom is 0.534 e. The molecule has 0 spiro atoms. The number of hydrogen-bond donors (Lipinski definition) is 0. The van der Waals surface area contributed by atoms with Crippen LogP contribution in [-0.2, 0) is 30.8 Å². The van der Waals surface area contributed by atoms with E-state index in [1.807, 2.05) is 24.3 Å². The second-order valence-electron chi connectivity index (χ2n) is 11.6. The number of sulfonamides is 1. The van der Waals surface area contributed by atoms with Gasteiger partial charge in [-0.15, -0.1) is 0 Å². The minimum atomic E-state index is -3.83. The third-order valence-corrected chi connectivity index (χ3v) is 10.2. The molecule has 0 N–H and O–H groups in total. The Labute approximate surface area is 263 Å². The number of benzene rings is 2. The van der Waals surface area contributed by atoms with Gasteiger partial charge >= 0.3 is 6.16 Å². The van der Waals surface area contributed by atoms with Crippen LogP contribution in [0.4, 0.5) is 4.79 Å². The molecule has 2 aliphatic rings. The molecule has 234 valence electrons. The Balaban J connectivity index is 1.27. The van der Waals surface area contributed by atoms with Crippen molar-refractivity contribution in [2.24, 2.45) is 4.99 Å². The zero-order chi connectivity index (χ0) is 31.4. The zero-order valence-corrected chi connectivity index (χ0v) is 27.2. The molecule has 4 rings (SSSR count). The summed E-state index contributed by atoms with van der Waals surface area (Å²) in [5, 5.41) is 1.64. The van der Waals surface area contributed by atoms with Crippen molar-refractivity contribution in [3.8, 4) is 0 Å². The summed E-state index contributed by atoms with van der Waals surface area (Å²) in [5.41, 5.74) is 1.19. The van der Waals surface area contributed by atoms with Gasteiger partial charge in [0.25, 0.3) is 0 Å². The number of halogens is 2. The monoisotopic (exact) mass is 652 g/mol. The predicted molar refractivity (Wildman–Crippen MR) is 166 cm³/mol. The van der Waals surface area contributed by atoms with E-state index in [-0.39, 0.29) is 33.3 Å². The Hall–Kier alpha value is -2.86. The van der Waals surface area contributed by atoms with Crippen LogP contribution in [0, 0.1) is 0 Å². The van der Waals surface area contributed by atoms with Crippen LogP contribution in [0.2, 0.25) is 10.0 Å². The van der Waals surface area contributed by atoms with Gasteiger partial charge in [-0.3, -0.25) is 9.79 Å². The summed E-state index contributed by atoms with van der Waals surface area (Å²) in [6.07, 6.45) is 1.94. The van der Waals surface area contributed by atoms with Gasteiger partial charge in [0.05, 0.1) is 23.1 Å². The maximum atomic E-state index is 13.3. The molecule has 13 heteroatoms. The van der Waals surface area contributed by atoms with Gasteiger partial charge in [0, 0.05) is 38.2 Å². The smallest absolute Gasteiger partial charge is 0.427 e. The third kappa shape index (κ3) is 8.41. The van der Waals surface area contributed by atoms with Gasteiger partial charge < -0.3 is 14.5 Å². The SMILES string of the molecule is CN(CCc1ccc(C2=NCCN2OC(=O)OC(C)(C)C)cc1)C(=O)CC[C@@H]1CCCN1S(=O)(=O)c1cccc(Cl)c1Cl. The Morgan fingerprint density at radius 3 is 2.51 bits per heavy atom. The van der Waals surface area contributed by atoms with Crippen molar-refractivity contribution in [3.63, 3.8) is 0 Å². The van der Waals surface area contributed by atoms with E-state index in [4.69, 9.17) is 32.8 Å². The first-order valence-corrected chi connectivity index (χ1v) is 16.5. The molecule has 2 heterocycles. The van der Waals surface area contributed by atoms with E-state index in [1.165, 1.54) is 15.4 Å². The molecular weight excluding hydrogens is 615 g/mol. The molecule has 0 aromatic heterocycles. The van der Waals surface area contributed by atoms with Gasteiger partial charge in [0.2, 0.25) is 15.9 Å². The van der Waals surface area contributed by atoms with E-state index in [0.29, 0.717) is 51.3 Å². The van der Waals surface area contributed by atoms with Crippen molar-refractivity contribution in [1.82, 2.24) is 14.3 Å². The number of hydroxylamine groups is 2. The average Bonchev–Trinajstić information content (AvgIpc) is 3.61. The van der Waals surface area contributed by atoms with E-state index < -0.39 is 21.8 Å². The molecule has 1 saturated heterocycles. The van der Waals surface area contributed by atoms with E-state index >= 15 is 0 Å². The molecule has 2 aliphatic heterocycles. The van der Waals surface area contributed by atoms with Crippen molar-refractivity contribution in [3.05, 3.63) is 63.6 Å². The summed E-state index contributed by atoms with van der Waals surface area (Å²) in [6.45, 7) is 7.16. The second-order valence-corrected chi connectivity index (χ2v) is 14.3. The van der Waals surface area contributed by atoms with Crippen molar-refractivity contribution in [2.45, 2.75) is 69.4 Å². The second kappa shape index (κ2) is 13.8. The molecule has 0 bridgehead atoms. The average molecular weight is 654 g/mol. The van der Waals surface area contributed by atoms with Gasteiger partial charge in [0.1, 0.15) is 10.5 Å². The number of ether oxygens (including phenoxy) is 1. The molecule has 1 amide bonds. The number of aliphatic imine (C=N–C) groups is 1. The molecule has 43 heavy (non-hydrogen) atoms. The lowest BCUT2D eigenvalue weighted by Gasteiger charge is -2.25. The number of carbonyl (C=O) groups is 2. The van der Waals surface area contributed by atoms with Gasteiger partial charge in [-0.2, -0.15) is 9.37 Å². The van der Waals surface area contributed by atoms with Crippen LogP contribution in [0.15, 0.2) is 52.4 Å². The number of rotatable bonds is 10. The highest BCUT2D eigenvalue weighted by atomic mass is 35.5. The Bertz CT molecular complexity index is 1460. The summed E-state index contributed by atoms with van der Waals surface area (Å²) in [6, 6.07) is 12.0. The first-order valence-electron chi connectivity index (χ1n) is 14.3. The molecule has 0 aliphatic carbocycles. The minimum absolute atomic E-state index is 0.00805. The first kappa shape index (κ1) is 33.0. The standard InChI is InChI=1S/C30H38Cl2N4O6S/c1-30(2,3)41-29(38)42-35-20-17-33-28(35)22-12-10-21(11-13-22)16-19-34(4)26(37)15-14-23-7-6-18-36(23)43(39,40)25-9-5-8-24(31)27(25)32/h5,8-13,23H,6-7,14-20H2,1-4H3/t23-/m0/s1. The molecular formula is C30H38Cl2N4O6S. The van der Waals surface area contributed by atoms with Crippen molar-refractivity contribution in [1.29, 1.82) is 0 Å². The van der Waals surface area contributed by atoms with E-state index in [0.717, 1.165) is 17.5 Å². The molecule has 1 atom stereocenters. The lowest BCUT2D eigenvalue weighted by atomic mass is 10.1. The van der Waals surface area contributed by atoms with E-state index in [9.17, 15) is 18.0 Å². The van der Waals surface area contributed by atoms with Crippen LogP contribution >= 0.6 is 23.2 Å². The fourth-order valence-corrected chi connectivity index (χ4v) is 7.52. The Kier molecular flexibility index (Phi) is 10.6. The predicted octanol–water partition coefficient (Wildman–Crippen LogP) is 5.56. The summed E-state index contributed by atoms with van der Waals surface area (Å²) < 4.78 is 33.4. The molecule has 1 fully saturated rings. The highest BCUT2D eigenvalue weighted by molar-refractivity contribution is 7.89. The van der Waals surface area contributed by atoms with Crippen LogP contribution in [-0.4, -0.2) is 85.5 Å². The fraction of sp³-hybridized carbons (Fsp3) is 0.500. The highest BCUT2D eigenvalue weighted by Crippen LogP contribution is 2.35. The molecule has 0 radical (unpaired) electrons. The molecule has 10 nitrogen and oxygen atoms in total. The summed E-state index contributed by atoms with van der Waals surface area (Å²) in [7, 11) is -2.08. The first-order chi connectivity index (χ1) is 20.3. The van der Waals surface area contributed by atoms with E-state index in [2.05, 4.69) is 4.99 Å². The quantitative estimate of drug-likeness (QED) is 0.309. The van der Waals surface area contributed by atoms with Gasteiger partial charge in [0.15, 0.2) is 5.84 Å². The van der Waals surface area contributed by atoms with Gasteiger partial charge in [-0.25, -0.2) is 13.2 Å². The van der Waals surface area contributed by atoms with E-state index in [1.54, 1.807) is 44.9 Å². The number of amidine groups is 1. The van der Waals surface area contributed by atoms with Crippen LogP contribution in [0.1, 0.15) is 57.6 Å². The lowest BCUT2D eigenvalue weighted by molar-refractivity contribution is -0.130. The normalized spacial score (nSPS) is 17.6. The van der Waals surface area contributed by atoms with Crippen LogP contribution in [0.5, 0.6) is 0 Å². The summed E-state index contributed by atoms with van der Waals surface area (Å²) >= 11 is 12.3. The number of carbonyl (C=O) groups excluding carboxylic acids is 2. The molecule has 0 saturated carbocycles. The van der Waals surface area contributed by atoms with Gasteiger partial charge in [-0.05, 0) is 64.2 Å². The topological polar surface area (TPSA) is 109 Å². The van der Waals surface area contributed by atoms with Crippen molar-refractivity contribution < 1.29 is 27.6 Å². The Morgan fingerprint density at radius 2 is 1.81 bits per heavy atom. The van der Waals surface area contributed by atoms with Crippen LogP contribution < -0.4 is 0 Å². The largest absolute Gasteiger partial charge is 0.534 e. The fourth-order valence-electron chi connectivity index (χ4n) is 5.06. The molecule has 0 unspecified atom stereocenters. The van der Waals surface area contributed by atoms with Crippen molar-refractivity contribution >= 4 is 51.1 Å². The lowest BCUT2D eigenvalue weighted by Crippen LogP contribution is -2.37. The van der Waals surface area contributed by atoms with Crippen molar-refractivity contribution in [2.75, 3.05) is 33.2 Å². The molecule has 2 aromatic carbocycles. The Morgan fingerprint density at radius 1 is 1.09 bits per heavy atom. The number of hydrogen-bond acceptors (Lipinski definition) is 8. The molecule has 2 aromatic rings. The summed E-state index contributed by atoms with van der Waals surface area (Å²) in [5.74, 6) is 0.516. The van der Waals surface area contributed by atoms with Gasteiger partial charge in [-0.1, -0.05) is 53.5 Å². The number of nitrogens with zero attached hydrogens (tertiary/aromatic N) is 4.